The van der Waals surface area contributed by atoms with Gasteiger partial charge >= 0.3 is 0 Å². The second kappa shape index (κ2) is 3.01. The molecular formula is C10H11N3. The molecule has 2 aromatic rings. The lowest BCUT2D eigenvalue weighted by molar-refractivity contribution is 1.18. The van der Waals surface area contributed by atoms with Crippen molar-refractivity contribution >= 4 is 0 Å². The van der Waals surface area contributed by atoms with Gasteiger partial charge in [0.25, 0.3) is 0 Å². The monoisotopic (exact) mass is 173 g/mol. The lowest BCUT2D eigenvalue weighted by Gasteiger charge is -1.96. The van der Waals surface area contributed by atoms with Crippen LogP contribution in [-0.4, -0.2) is 15.0 Å². The fourth-order valence-corrected chi connectivity index (χ4v) is 1.25. The average Bonchev–Trinajstić information content (AvgIpc) is 2.52. The summed E-state index contributed by atoms with van der Waals surface area (Å²) in [6.07, 6.45) is 3.62. The summed E-state index contributed by atoms with van der Waals surface area (Å²) in [4.78, 5) is 11.6. The fraction of sp³-hybridized carbons (Fsp3) is 0.200. The lowest BCUT2D eigenvalue weighted by Crippen LogP contribution is -1.84. The van der Waals surface area contributed by atoms with Crippen LogP contribution in [0, 0.1) is 13.8 Å². The summed E-state index contributed by atoms with van der Waals surface area (Å²) in [5, 5.41) is 0. The fourth-order valence-electron chi connectivity index (χ4n) is 1.25. The first kappa shape index (κ1) is 7.98. The van der Waals surface area contributed by atoms with E-state index in [1.165, 1.54) is 0 Å². The van der Waals surface area contributed by atoms with Gasteiger partial charge in [-0.2, -0.15) is 0 Å². The van der Waals surface area contributed by atoms with Crippen molar-refractivity contribution in [1.82, 2.24) is 15.0 Å². The third kappa shape index (κ3) is 1.59. The van der Waals surface area contributed by atoms with Crippen molar-refractivity contribution in [2.75, 3.05) is 0 Å². The van der Waals surface area contributed by atoms with E-state index in [0.29, 0.717) is 0 Å². The third-order valence-electron chi connectivity index (χ3n) is 1.87. The summed E-state index contributed by atoms with van der Waals surface area (Å²) in [5.74, 6) is 0.906. The van der Waals surface area contributed by atoms with Gasteiger partial charge in [-0.25, -0.2) is 4.98 Å². The van der Waals surface area contributed by atoms with Crippen molar-refractivity contribution in [1.29, 1.82) is 0 Å². The number of pyridine rings is 1. The van der Waals surface area contributed by atoms with Crippen molar-refractivity contribution in [2.45, 2.75) is 13.8 Å². The van der Waals surface area contributed by atoms with E-state index in [1.807, 2.05) is 32.2 Å². The van der Waals surface area contributed by atoms with E-state index in [4.69, 9.17) is 0 Å². The Labute approximate surface area is 76.9 Å². The highest BCUT2D eigenvalue weighted by Crippen LogP contribution is 2.14. The minimum atomic E-state index is 0.906. The number of nitrogens with one attached hydrogen (secondary N) is 1. The highest BCUT2D eigenvalue weighted by molar-refractivity contribution is 5.54. The van der Waals surface area contributed by atoms with Gasteiger partial charge in [0.15, 0.2) is 0 Å². The van der Waals surface area contributed by atoms with Crippen LogP contribution in [0.25, 0.3) is 11.4 Å². The average molecular weight is 173 g/mol. The van der Waals surface area contributed by atoms with Gasteiger partial charge in [0, 0.05) is 29.3 Å². The molecule has 2 rings (SSSR count). The van der Waals surface area contributed by atoms with E-state index in [9.17, 15) is 0 Å². The van der Waals surface area contributed by atoms with E-state index >= 15 is 0 Å². The molecule has 3 nitrogen and oxygen atoms in total. The number of aromatic nitrogens is 3. The van der Waals surface area contributed by atoms with Crippen molar-refractivity contribution in [3.05, 3.63) is 35.9 Å². The van der Waals surface area contributed by atoms with E-state index in [-0.39, 0.29) is 0 Å². The molecule has 0 radical (unpaired) electrons. The predicted octanol–water partition coefficient (Wildman–Crippen LogP) is 2.09. The maximum Gasteiger partial charge on any atom is 0.137 e. The summed E-state index contributed by atoms with van der Waals surface area (Å²) >= 11 is 0. The van der Waals surface area contributed by atoms with Crippen LogP contribution in [0.1, 0.15) is 11.4 Å². The van der Waals surface area contributed by atoms with Crippen molar-refractivity contribution < 1.29 is 0 Å². The summed E-state index contributed by atoms with van der Waals surface area (Å²) in [5.41, 5.74) is 3.16. The second-order valence-corrected chi connectivity index (χ2v) is 3.10. The molecule has 0 aromatic carbocycles. The van der Waals surface area contributed by atoms with Gasteiger partial charge in [0.1, 0.15) is 5.82 Å². The largest absolute Gasteiger partial charge is 0.342 e. The molecular weight excluding hydrogens is 162 g/mol. The molecule has 0 aliphatic carbocycles. The maximum absolute atomic E-state index is 4.24. The molecule has 0 spiro atoms. The molecule has 0 saturated carbocycles. The zero-order chi connectivity index (χ0) is 9.26. The van der Waals surface area contributed by atoms with Gasteiger partial charge in [-0.3, -0.25) is 4.98 Å². The number of aryl methyl sites for hydroxylation is 2. The molecule has 0 aliphatic heterocycles. The first-order chi connectivity index (χ1) is 6.25. The van der Waals surface area contributed by atoms with Gasteiger partial charge < -0.3 is 4.98 Å². The van der Waals surface area contributed by atoms with Crippen LogP contribution < -0.4 is 0 Å². The van der Waals surface area contributed by atoms with E-state index in [1.54, 1.807) is 6.20 Å². The minimum absolute atomic E-state index is 0.906. The molecule has 0 saturated heterocycles. The quantitative estimate of drug-likeness (QED) is 0.717. The Morgan fingerprint density at radius 3 is 2.69 bits per heavy atom. The second-order valence-electron chi connectivity index (χ2n) is 3.10. The molecule has 3 heteroatoms. The Balaban J connectivity index is 2.46. The molecule has 2 aromatic heterocycles. The Morgan fingerprint density at radius 1 is 1.23 bits per heavy atom. The number of hydrogen-bond donors (Lipinski definition) is 1. The summed E-state index contributed by atoms with van der Waals surface area (Å²) in [6.45, 7) is 3.96. The first-order valence-electron chi connectivity index (χ1n) is 4.20. The topological polar surface area (TPSA) is 41.6 Å². The molecule has 13 heavy (non-hydrogen) atoms. The van der Waals surface area contributed by atoms with Crippen molar-refractivity contribution in [2.24, 2.45) is 0 Å². The van der Waals surface area contributed by atoms with Crippen molar-refractivity contribution in [3.8, 4) is 11.4 Å². The van der Waals surface area contributed by atoms with Crippen LogP contribution in [0.5, 0.6) is 0 Å². The van der Waals surface area contributed by atoms with Gasteiger partial charge in [0.2, 0.25) is 0 Å². The molecule has 0 bridgehead atoms. The van der Waals surface area contributed by atoms with E-state index in [0.717, 1.165) is 22.8 Å². The van der Waals surface area contributed by atoms with Crippen LogP contribution in [0.3, 0.4) is 0 Å². The van der Waals surface area contributed by atoms with E-state index in [2.05, 4.69) is 15.0 Å². The molecule has 0 atom stereocenters. The first-order valence-corrected chi connectivity index (χ1v) is 4.20. The number of rotatable bonds is 1. The Kier molecular flexibility index (Phi) is 1.85. The molecule has 0 amide bonds. The van der Waals surface area contributed by atoms with Gasteiger partial charge in [-0.1, -0.05) is 0 Å². The molecule has 2 heterocycles. The Hall–Kier alpha value is -1.64. The van der Waals surface area contributed by atoms with E-state index < -0.39 is 0 Å². The van der Waals surface area contributed by atoms with Crippen LogP contribution in [0.2, 0.25) is 0 Å². The molecule has 1 N–H and O–H groups in total. The number of H-pyrrole nitrogens is 1. The summed E-state index contributed by atoms with van der Waals surface area (Å²) in [6, 6.07) is 3.96. The molecule has 0 fully saturated rings. The van der Waals surface area contributed by atoms with Crippen molar-refractivity contribution in [3.63, 3.8) is 0 Å². The van der Waals surface area contributed by atoms with Gasteiger partial charge in [-0.15, -0.1) is 0 Å². The Bertz CT molecular complexity index is 418. The van der Waals surface area contributed by atoms with Crippen LogP contribution in [0.15, 0.2) is 24.5 Å². The molecule has 0 aliphatic rings. The maximum atomic E-state index is 4.24. The normalized spacial score (nSPS) is 10.3. The van der Waals surface area contributed by atoms with Crippen LogP contribution in [-0.2, 0) is 0 Å². The third-order valence-corrected chi connectivity index (χ3v) is 1.87. The number of nitrogens with zero attached hydrogens (tertiary/aromatic N) is 2. The molecule has 66 valence electrons. The number of hydrogen-bond acceptors (Lipinski definition) is 2. The zero-order valence-corrected chi connectivity index (χ0v) is 7.70. The van der Waals surface area contributed by atoms with Gasteiger partial charge in [0.05, 0.1) is 0 Å². The number of aromatic amines is 1. The lowest BCUT2D eigenvalue weighted by atomic mass is 10.2. The van der Waals surface area contributed by atoms with Crippen LogP contribution in [0.4, 0.5) is 0 Å². The zero-order valence-electron chi connectivity index (χ0n) is 7.70. The minimum Gasteiger partial charge on any atom is -0.342 e. The standard InChI is InChI=1S/C10H11N3/c1-7-5-9(3-4-11-7)10-12-6-8(2)13-10/h3-6H,1-2H3,(H,12,13). The molecule has 0 unspecified atom stereocenters. The summed E-state index contributed by atoms with van der Waals surface area (Å²) < 4.78 is 0. The highest BCUT2D eigenvalue weighted by atomic mass is 14.9. The van der Waals surface area contributed by atoms with Gasteiger partial charge in [-0.05, 0) is 26.0 Å². The SMILES string of the molecule is Cc1cc(-c2ncc(C)[nH]2)ccn1. The predicted molar refractivity (Wildman–Crippen MR) is 51.3 cm³/mol. The number of imidazole rings is 1. The smallest absolute Gasteiger partial charge is 0.137 e. The van der Waals surface area contributed by atoms with Crippen LogP contribution >= 0.6 is 0 Å². The summed E-state index contributed by atoms with van der Waals surface area (Å²) in [7, 11) is 0. The highest BCUT2D eigenvalue weighted by Gasteiger charge is 2.00. The Morgan fingerprint density at radius 2 is 2.08 bits per heavy atom.